The number of nitrogens with zero attached hydrogens (tertiary/aromatic N) is 4. The van der Waals surface area contributed by atoms with Gasteiger partial charge in [-0.15, -0.1) is 24.0 Å². The van der Waals surface area contributed by atoms with E-state index < -0.39 is 0 Å². The first-order chi connectivity index (χ1) is 14.2. The maximum absolute atomic E-state index is 5.26. The second-order valence-electron chi connectivity index (χ2n) is 7.88. The molecule has 1 N–H and O–H groups in total. The number of rotatable bonds is 7. The number of methoxy groups -OCH3 is 2. The Morgan fingerprint density at radius 1 is 1.03 bits per heavy atom. The van der Waals surface area contributed by atoms with Crippen LogP contribution in [0.25, 0.3) is 0 Å². The first-order valence-corrected chi connectivity index (χ1v) is 10.8. The minimum Gasteiger partial charge on any atom is -0.497 e. The SMILES string of the molecule is CN=C(NCC1CCN(CCOC)CC1)N1CCN(c2ccc(OC)cc2)CC1.I. The van der Waals surface area contributed by atoms with Crippen LogP contribution in [-0.4, -0.2) is 96.0 Å². The molecule has 0 spiro atoms. The van der Waals surface area contributed by atoms with Crippen molar-refractivity contribution >= 4 is 35.6 Å². The molecule has 1 aromatic carbocycles. The van der Waals surface area contributed by atoms with Crippen molar-refractivity contribution in [3.05, 3.63) is 24.3 Å². The third kappa shape index (κ3) is 7.16. The van der Waals surface area contributed by atoms with Gasteiger partial charge in [-0.1, -0.05) is 0 Å². The van der Waals surface area contributed by atoms with Crippen molar-refractivity contribution in [3.8, 4) is 5.75 Å². The monoisotopic (exact) mass is 531 g/mol. The normalized spacial score (nSPS) is 18.8. The minimum atomic E-state index is 0. The topological polar surface area (TPSA) is 52.6 Å². The Kier molecular flexibility index (Phi) is 11.0. The van der Waals surface area contributed by atoms with Gasteiger partial charge in [0.2, 0.25) is 0 Å². The Morgan fingerprint density at radius 3 is 2.27 bits per heavy atom. The largest absolute Gasteiger partial charge is 0.497 e. The molecule has 0 unspecified atom stereocenters. The molecule has 0 aliphatic carbocycles. The average molecular weight is 531 g/mol. The average Bonchev–Trinajstić information content (AvgIpc) is 2.79. The Labute approximate surface area is 198 Å². The Hall–Kier alpha value is -1.26. The zero-order valence-electron chi connectivity index (χ0n) is 18.7. The summed E-state index contributed by atoms with van der Waals surface area (Å²) in [7, 11) is 5.38. The minimum absolute atomic E-state index is 0. The number of anilines is 1. The van der Waals surface area contributed by atoms with E-state index in [2.05, 4.69) is 37.1 Å². The van der Waals surface area contributed by atoms with E-state index in [-0.39, 0.29) is 24.0 Å². The van der Waals surface area contributed by atoms with Crippen LogP contribution in [0.5, 0.6) is 5.75 Å². The first-order valence-electron chi connectivity index (χ1n) is 10.8. The lowest BCUT2D eigenvalue weighted by Crippen LogP contribution is -2.53. The van der Waals surface area contributed by atoms with Crippen molar-refractivity contribution in [3.63, 3.8) is 0 Å². The second-order valence-corrected chi connectivity index (χ2v) is 7.88. The van der Waals surface area contributed by atoms with Gasteiger partial charge in [0.1, 0.15) is 5.75 Å². The number of piperazine rings is 1. The van der Waals surface area contributed by atoms with Crippen LogP contribution in [0.1, 0.15) is 12.8 Å². The van der Waals surface area contributed by atoms with Crippen LogP contribution < -0.4 is 15.0 Å². The zero-order chi connectivity index (χ0) is 20.5. The predicted molar refractivity (Wildman–Crippen MR) is 135 cm³/mol. The molecular formula is C22H38IN5O2. The van der Waals surface area contributed by atoms with Gasteiger partial charge < -0.3 is 29.5 Å². The molecule has 170 valence electrons. The molecular weight excluding hydrogens is 493 g/mol. The molecule has 0 bridgehead atoms. The molecule has 0 radical (unpaired) electrons. The molecule has 0 atom stereocenters. The van der Waals surface area contributed by atoms with Crippen LogP contribution in [0.2, 0.25) is 0 Å². The number of hydrogen-bond acceptors (Lipinski definition) is 5. The highest BCUT2D eigenvalue weighted by Gasteiger charge is 2.22. The Morgan fingerprint density at radius 2 is 1.70 bits per heavy atom. The maximum Gasteiger partial charge on any atom is 0.193 e. The van der Waals surface area contributed by atoms with E-state index in [1.54, 1.807) is 14.2 Å². The first kappa shape index (κ1) is 25.0. The van der Waals surface area contributed by atoms with Crippen LogP contribution in [0.4, 0.5) is 5.69 Å². The molecule has 0 amide bonds. The van der Waals surface area contributed by atoms with Crippen LogP contribution in [0, 0.1) is 5.92 Å². The van der Waals surface area contributed by atoms with Crippen molar-refractivity contribution in [2.24, 2.45) is 10.9 Å². The molecule has 30 heavy (non-hydrogen) atoms. The summed E-state index contributed by atoms with van der Waals surface area (Å²) >= 11 is 0. The fraction of sp³-hybridized carbons (Fsp3) is 0.682. The van der Waals surface area contributed by atoms with E-state index in [1.165, 1.54) is 31.6 Å². The highest BCUT2D eigenvalue weighted by atomic mass is 127. The van der Waals surface area contributed by atoms with E-state index >= 15 is 0 Å². The summed E-state index contributed by atoms with van der Waals surface area (Å²) in [6, 6.07) is 8.34. The number of halogens is 1. The van der Waals surface area contributed by atoms with E-state index in [0.717, 1.165) is 63.5 Å². The number of ether oxygens (including phenoxy) is 2. The predicted octanol–water partition coefficient (Wildman–Crippen LogP) is 2.37. The third-order valence-corrected chi connectivity index (χ3v) is 6.10. The number of nitrogens with one attached hydrogen (secondary N) is 1. The summed E-state index contributed by atoms with van der Waals surface area (Å²) in [6.45, 7) is 9.24. The van der Waals surface area contributed by atoms with Gasteiger partial charge in [-0.25, -0.2) is 0 Å². The standard InChI is InChI=1S/C22H37N5O2.HI/c1-23-22(24-18-19-8-10-25(11-9-19)16-17-28-2)27-14-12-26(13-15-27)20-4-6-21(29-3)7-5-20;/h4-7,19H,8-18H2,1-3H3,(H,23,24);1H. The van der Waals surface area contributed by atoms with Crippen molar-refractivity contribution < 1.29 is 9.47 Å². The molecule has 2 aliphatic rings. The summed E-state index contributed by atoms with van der Waals surface area (Å²) in [4.78, 5) is 11.9. The molecule has 2 saturated heterocycles. The van der Waals surface area contributed by atoms with Crippen molar-refractivity contribution in [1.29, 1.82) is 0 Å². The summed E-state index contributed by atoms with van der Waals surface area (Å²) < 4.78 is 10.5. The smallest absolute Gasteiger partial charge is 0.193 e. The molecule has 7 nitrogen and oxygen atoms in total. The quantitative estimate of drug-likeness (QED) is 0.332. The van der Waals surface area contributed by atoms with Crippen molar-refractivity contribution in [2.75, 3.05) is 85.1 Å². The van der Waals surface area contributed by atoms with Gasteiger partial charge in [0.15, 0.2) is 5.96 Å². The van der Waals surface area contributed by atoms with E-state index in [4.69, 9.17) is 9.47 Å². The van der Waals surface area contributed by atoms with Gasteiger partial charge >= 0.3 is 0 Å². The number of guanidine groups is 1. The second kappa shape index (κ2) is 13.2. The molecule has 0 aromatic heterocycles. The fourth-order valence-electron chi connectivity index (χ4n) is 4.17. The molecule has 2 aliphatic heterocycles. The number of benzene rings is 1. The van der Waals surface area contributed by atoms with Gasteiger partial charge in [-0.3, -0.25) is 4.99 Å². The highest BCUT2D eigenvalue weighted by Crippen LogP contribution is 2.21. The van der Waals surface area contributed by atoms with Crippen molar-refractivity contribution in [2.45, 2.75) is 12.8 Å². The van der Waals surface area contributed by atoms with Crippen LogP contribution in [0.3, 0.4) is 0 Å². The van der Waals surface area contributed by atoms with Crippen LogP contribution >= 0.6 is 24.0 Å². The number of hydrogen-bond donors (Lipinski definition) is 1. The van der Waals surface area contributed by atoms with E-state index in [9.17, 15) is 0 Å². The molecule has 8 heteroatoms. The molecule has 2 fully saturated rings. The lowest BCUT2D eigenvalue weighted by atomic mass is 9.97. The summed E-state index contributed by atoms with van der Waals surface area (Å²) in [5, 5.41) is 3.63. The van der Waals surface area contributed by atoms with Gasteiger partial charge in [0.25, 0.3) is 0 Å². The van der Waals surface area contributed by atoms with Crippen molar-refractivity contribution in [1.82, 2.24) is 15.1 Å². The van der Waals surface area contributed by atoms with E-state index in [0.29, 0.717) is 0 Å². The summed E-state index contributed by atoms with van der Waals surface area (Å²) in [5.74, 6) is 2.67. The number of aliphatic imine (C=N–C) groups is 1. The van der Waals surface area contributed by atoms with E-state index in [1.807, 2.05) is 19.2 Å². The number of piperidine rings is 1. The lowest BCUT2D eigenvalue weighted by Gasteiger charge is -2.38. The molecule has 2 heterocycles. The number of likely N-dealkylation sites (tertiary alicyclic amines) is 1. The molecule has 0 saturated carbocycles. The fourth-order valence-corrected chi connectivity index (χ4v) is 4.17. The van der Waals surface area contributed by atoms with Crippen LogP contribution in [-0.2, 0) is 4.74 Å². The maximum atomic E-state index is 5.26. The van der Waals surface area contributed by atoms with Gasteiger partial charge in [0.05, 0.1) is 13.7 Å². The zero-order valence-corrected chi connectivity index (χ0v) is 21.0. The highest BCUT2D eigenvalue weighted by molar-refractivity contribution is 14.0. The summed E-state index contributed by atoms with van der Waals surface area (Å²) in [6.07, 6.45) is 2.50. The van der Waals surface area contributed by atoms with Crippen LogP contribution in [0.15, 0.2) is 29.3 Å². The summed E-state index contributed by atoms with van der Waals surface area (Å²) in [5.41, 5.74) is 1.26. The Balaban J connectivity index is 0.00000320. The van der Waals surface area contributed by atoms with Gasteiger partial charge in [-0.2, -0.15) is 0 Å². The van der Waals surface area contributed by atoms with Gasteiger partial charge in [0, 0.05) is 59.1 Å². The molecule has 3 rings (SSSR count). The molecule has 1 aromatic rings. The van der Waals surface area contributed by atoms with Gasteiger partial charge in [-0.05, 0) is 56.1 Å². The third-order valence-electron chi connectivity index (χ3n) is 6.10. The Bertz CT molecular complexity index is 627. The lowest BCUT2D eigenvalue weighted by molar-refractivity contribution is 0.120.